The third-order valence-corrected chi connectivity index (χ3v) is 3.36. The number of para-hydroxylation sites is 1. The van der Waals surface area contributed by atoms with E-state index < -0.39 is 0 Å². The average Bonchev–Trinajstić information content (AvgIpc) is 2.28. The molecule has 3 atom stereocenters. The molecule has 0 saturated carbocycles. The van der Waals surface area contributed by atoms with Crippen LogP contribution < -0.4 is 10.5 Å². The monoisotopic (exact) mass is 205 g/mol. The zero-order chi connectivity index (χ0) is 10.8. The van der Waals surface area contributed by atoms with Crippen LogP contribution in [0.25, 0.3) is 0 Å². The van der Waals surface area contributed by atoms with Gasteiger partial charge in [0.1, 0.15) is 11.9 Å². The molecule has 0 spiro atoms. The van der Waals surface area contributed by atoms with E-state index in [0.717, 1.165) is 24.2 Å². The highest BCUT2D eigenvalue weighted by molar-refractivity contribution is 5.37. The Bertz CT molecular complexity index is 337. The molecular formula is C13H19NO. The Morgan fingerprint density at radius 1 is 1.47 bits per heavy atom. The summed E-state index contributed by atoms with van der Waals surface area (Å²) in [6, 6.07) is 8.24. The second-order valence-corrected chi connectivity index (χ2v) is 4.42. The lowest BCUT2D eigenvalue weighted by molar-refractivity contribution is 0.105. The second-order valence-electron chi connectivity index (χ2n) is 4.42. The van der Waals surface area contributed by atoms with Crippen LogP contribution in [0.2, 0.25) is 0 Å². The van der Waals surface area contributed by atoms with Gasteiger partial charge in [-0.25, -0.2) is 0 Å². The normalized spacial score (nSPS) is 26.6. The van der Waals surface area contributed by atoms with E-state index in [1.807, 2.05) is 18.2 Å². The van der Waals surface area contributed by atoms with Crippen LogP contribution in [0.5, 0.6) is 5.75 Å². The van der Waals surface area contributed by atoms with Gasteiger partial charge in [0.25, 0.3) is 0 Å². The molecule has 0 aromatic heterocycles. The Balaban J connectivity index is 2.22. The summed E-state index contributed by atoms with van der Waals surface area (Å²) in [6.07, 6.45) is 2.35. The van der Waals surface area contributed by atoms with Crippen molar-refractivity contribution in [1.82, 2.24) is 0 Å². The average molecular weight is 205 g/mol. The summed E-state index contributed by atoms with van der Waals surface area (Å²) in [4.78, 5) is 0. The van der Waals surface area contributed by atoms with E-state index in [9.17, 15) is 0 Å². The van der Waals surface area contributed by atoms with Crippen LogP contribution >= 0.6 is 0 Å². The Kier molecular flexibility index (Phi) is 2.96. The van der Waals surface area contributed by atoms with Crippen LogP contribution in [0.15, 0.2) is 24.3 Å². The molecule has 2 heteroatoms. The first-order chi connectivity index (χ1) is 7.22. The van der Waals surface area contributed by atoms with Crippen molar-refractivity contribution in [3.05, 3.63) is 29.8 Å². The maximum Gasteiger partial charge on any atom is 0.124 e. The molecule has 82 valence electrons. The van der Waals surface area contributed by atoms with Gasteiger partial charge in [0.05, 0.1) is 0 Å². The third-order valence-electron chi connectivity index (χ3n) is 3.36. The van der Waals surface area contributed by atoms with E-state index in [4.69, 9.17) is 10.5 Å². The minimum absolute atomic E-state index is 0.133. The molecule has 1 aliphatic heterocycles. The van der Waals surface area contributed by atoms with E-state index in [0.29, 0.717) is 5.92 Å². The summed E-state index contributed by atoms with van der Waals surface area (Å²) in [5.74, 6) is 1.55. The van der Waals surface area contributed by atoms with Gasteiger partial charge in [-0.1, -0.05) is 38.5 Å². The predicted molar refractivity (Wildman–Crippen MR) is 61.9 cm³/mol. The maximum atomic E-state index is 6.15. The highest BCUT2D eigenvalue weighted by Crippen LogP contribution is 2.35. The predicted octanol–water partition coefficient (Wildman–Crippen LogP) is 2.88. The zero-order valence-corrected chi connectivity index (χ0v) is 9.44. The molecule has 0 fully saturated rings. The molecule has 2 rings (SSSR count). The first-order valence-corrected chi connectivity index (χ1v) is 5.73. The molecule has 0 saturated heterocycles. The topological polar surface area (TPSA) is 35.2 Å². The smallest absolute Gasteiger partial charge is 0.124 e. The molecule has 0 aliphatic carbocycles. The van der Waals surface area contributed by atoms with Gasteiger partial charge >= 0.3 is 0 Å². The fourth-order valence-corrected chi connectivity index (χ4v) is 2.09. The molecule has 2 unspecified atom stereocenters. The molecule has 0 bridgehead atoms. The fraction of sp³-hybridized carbons (Fsp3) is 0.538. The molecule has 1 aromatic carbocycles. The van der Waals surface area contributed by atoms with Gasteiger partial charge < -0.3 is 10.5 Å². The molecule has 0 amide bonds. The summed E-state index contributed by atoms with van der Waals surface area (Å²) >= 11 is 0. The molecular weight excluding hydrogens is 186 g/mol. The van der Waals surface area contributed by atoms with Crippen LogP contribution in [0.4, 0.5) is 0 Å². The van der Waals surface area contributed by atoms with Gasteiger partial charge in [-0.15, -0.1) is 0 Å². The number of benzene rings is 1. The van der Waals surface area contributed by atoms with E-state index in [1.54, 1.807) is 0 Å². The Hall–Kier alpha value is -1.02. The molecule has 2 nitrogen and oxygen atoms in total. The van der Waals surface area contributed by atoms with Crippen molar-refractivity contribution < 1.29 is 4.74 Å². The van der Waals surface area contributed by atoms with Gasteiger partial charge in [-0.3, -0.25) is 0 Å². The molecule has 0 radical (unpaired) electrons. The summed E-state index contributed by atoms with van der Waals surface area (Å²) in [5, 5.41) is 0. The lowest BCUT2D eigenvalue weighted by atomic mass is 9.90. The summed E-state index contributed by atoms with van der Waals surface area (Å²) in [7, 11) is 0. The highest BCUT2D eigenvalue weighted by Gasteiger charge is 2.28. The third kappa shape index (κ3) is 2.00. The van der Waals surface area contributed by atoms with Gasteiger partial charge in [0.15, 0.2) is 0 Å². The van der Waals surface area contributed by atoms with Crippen LogP contribution in [-0.2, 0) is 0 Å². The van der Waals surface area contributed by atoms with Crippen LogP contribution in [-0.4, -0.2) is 6.10 Å². The van der Waals surface area contributed by atoms with Crippen molar-refractivity contribution in [2.24, 2.45) is 11.7 Å². The van der Waals surface area contributed by atoms with E-state index in [-0.39, 0.29) is 12.1 Å². The lowest BCUT2D eigenvalue weighted by Gasteiger charge is -2.33. The van der Waals surface area contributed by atoms with Gasteiger partial charge in [-0.2, -0.15) is 0 Å². The van der Waals surface area contributed by atoms with Crippen LogP contribution in [0, 0.1) is 5.92 Å². The van der Waals surface area contributed by atoms with Crippen molar-refractivity contribution >= 4 is 0 Å². The highest BCUT2D eigenvalue weighted by atomic mass is 16.5. The molecule has 1 aromatic rings. The second kappa shape index (κ2) is 4.23. The number of hydrogen-bond donors (Lipinski definition) is 1. The Morgan fingerprint density at radius 2 is 2.20 bits per heavy atom. The fourth-order valence-electron chi connectivity index (χ4n) is 2.09. The zero-order valence-electron chi connectivity index (χ0n) is 9.44. The standard InChI is InChI=1S/C13H19NO/c1-3-9(2)13-8-11(14)10-6-4-5-7-12(10)15-13/h4-7,9,11,13H,3,8,14H2,1-2H3/t9?,11-,13?/m1/s1. The van der Waals surface area contributed by atoms with Crippen molar-refractivity contribution in [3.8, 4) is 5.75 Å². The first kappa shape index (κ1) is 10.5. The summed E-state index contributed by atoms with van der Waals surface area (Å²) < 4.78 is 5.98. The molecule has 2 N–H and O–H groups in total. The van der Waals surface area contributed by atoms with Crippen molar-refractivity contribution in [2.45, 2.75) is 38.8 Å². The molecule has 1 aliphatic rings. The summed E-state index contributed by atoms with van der Waals surface area (Å²) in [6.45, 7) is 4.42. The first-order valence-electron chi connectivity index (χ1n) is 5.73. The number of ether oxygens (including phenoxy) is 1. The molecule has 1 heterocycles. The molecule has 15 heavy (non-hydrogen) atoms. The van der Waals surface area contributed by atoms with Crippen molar-refractivity contribution in [3.63, 3.8) is 0 Å². The Morgan fingerprint density at radius 3 is 2.93 bits per heavy atom. The van der Waals surface area contributed by atoms with Gasteiger partial charge in [-0.05, 0) is 12.0 Å². The summed E-state index contributed by atoms with van der Waals surface area (Å²) in [5.41, 5.74) is 7.30. The van der Waals surface area contributed by atoms with E-state index >= 15 is 0 Å². The minimum atomic E-state index is 0.133. The van der Waals surface area contributed by atoms with E-state index in [1.165, 1.54) is 0 Å². The van der Waals surface area contributed by atoms with Gasteiger partial charge in [0, 0.05) is 18.0 Å². The van der Waals surface area contributed by atoms with Crippen LogP contribution in [0.1, 0.15) is 38.3 Å². The van der Waals surface area contributed by atoms with Gasteiger partial charge in [0.2, 0.25) is 0 Å². The number of fused-ring (bicyclic) bond motifs is 1. The quantitative estimate of drug-likeness (QED) is 0.805. The number of nitrogens with two attached hydrogens (primary N) is 1. The Labute approximate surface area is 91.4 Å². The minimum Gasteiger partial charge on any atom is -0.490 e. The lowest BCUT2D eigenvalue weighted by Crippen LogP contribution is -2.33. The number of hydrogen-bond acceptors (Lipinski definition) is 2. The van der Waals surface area contributed by atoms with Crippen LogP contribution in [0.3, 0.4) is 0 Å². The number of rotatable bonds is 2. The van der Waals surface area contributed by atoms with E-state index in [2.05, 4.69) is 19.9 Å². The maximum absolute atomic E-state index is 6.15. The largest absolute Gasteiger partial charge is 0.490 e. The SMILES string of the molecule is CCC(C)C1C[C@@H](N)c2ccccc2O1. The van der Waals surface area contributed by atoms with Crippen molar-refractivity contribution in [2.75, 3.05) is 0 Å². The van der Waals surface area contributed by atoms with Crippen molar-refractivity contribution in [1.29, 1.82) is 0 Å².